The standard InChI is InChI=1S/C20H30N4O2/c1-2-24-18-9-5-4-8-17(18)22-20(24)23-13-10-16(11-14-23)19(26)21-12-6-3-7-15-25/h4-5,8-9,16,25H,2-3,6-7,10-15H2,1H3,(H,21,26). The van der Waals surface area contributed by atoms with Gasteiger partial charge in [0.1, 0.15) is 0 Å². The SMILES string of the molecule is CCn1c(N2CCC(C(=O)NCCCCCO)CC2)nc2ccccc21. The summed E-state index contributed by atoms with van der Waals surface area (Å²) >= 11 is 0. The van der Waals surface area contributed by atoms with Crippen LogP contribution < -0.4 is 10.2 Å². The molecule has 6 heteroatoms. The molecule has 142 valence electrons. The minimum absolute atomic E-state index is 0.101. The number of nitrogens with one attached hydrogen (secondary N) is 1. The van der Waals surface area contributed by atoms with Gasteiger partial charge in [-0.25, -0.2) is 4.98 Å². The quantitative estimate of drug-likeness (QED) is 0.712. The minimum Gasteiger partial charge on any atom is -0.396 e. The molecule has 0 atom stereocenters. The van der Waals surface area contributed by atoms with Gasteiger partial charge in [0, 0.05) is 38.7 Å². The minimum atomic E-state index is 0.101. The van der Waals surface area contributed by atoms with Crippen molar-refractivity contribution in [1.29, 1.82) is 0 Å². The molecule has 2 heterocycles. The molecule has 0 spiro atoms. The number of aromatic nitrogens is 2. The van der Waals surface area contributed by atoms with Crippen molar-refractivity contribution >= 4 is 22.9 Å². The highest BCUT2D eigenvalue weighted by Gasteiger charge is 2.27. The fraction of sp³-hybridized carbons (Fsp3) is 0.600. The van der Waals surface area contributed by atoms with Crippen LogP contribution in [0.3, 0.4) is 0 Å². The van der Waals surface area contributed by atoms with Gasteiger partial charge in [-0.1, -0.05) is 12.1 Å². The van der Waals surface area contributed by atoms with Gasteiger partial charge in [-0.15, -0.1) is 0 Å². The first kappa shape index (κ1) is 18.7. The van der Waals surface area contributed by atoms with Crippen molar-refractivity contribution in [2.75, 3.05) is 31.1 Å². The summed E-state index contributed by atoms with van der Waals surface area (Å²) in [4.78, 5) is 19.5. The summed E-state index contributed by atoms with van der Waals surface area (Å²) in [6, 6.07) is 8.25. The van der Waals surface area contributed by atoms with Crippen molar-refractivity contribution in [3.8, 4) is 0 Å². The molecule has 2 aromatic rings. The molecule has 0 unspecified atom stereocenters. The van der Waals surface area contributed by atoms with E-state index < -0.39 is 0 Å². The van der Waals surface area contributed by atoms with E-state index in [0.29, 0.717) is 6.54 Å². The monoisotopic (exact) mass is 358 g/mol. The molecule has 1 amide bonds. The van der Waals surface area contributed by atoms with Crippen LogP contribution in [-0.4, -0.2) is 46.8 Å². The molecule has 6 nitrogen and oxygen atoms in total. The summed E-state index contributed by atoms with van der Waals surface area (Å²) < 4.78 is 2.26. The van der Waals surface area contributed by atoms with Crippen LogP contribution in [0.4, 0.5) is 5.95 Å². The van der Waals surface area contributed by atoms with Crippen LogP contribution in [-0.2, 0) is 11.3 Å². The molecule has 0 saturated carbocycles. The molecule has 0 bridgehead atoms. The van der Waals surface area contributed by atoms with Crippen molar-refractivity contribution in [1.82, 2.24) is 14.9 Å². The van der Waals surface area contributed by atoms with E-state index >= 15 is 0 Å². The van der Waals surface area contributed by atoms with Crippen molar-refractivity contribution in [3.63, 3.8) is 0 Å². The Labute approximate surface area is 155 Å². The Morgan fingerprint density at radius 1 is 1.23 bits per heavy atom. The van der Waals surface area contributed by atoms with E-state index in [1.807, 2.05) is 6.07 Å². The number of carbonyl (C=O) groups is 1. The number of rotatable bonds is 8. The van der Waals surface area contributed by atoms with Gasteiger partial charge in [-0.05, 0) is 51.2 Å². The van der Waals surface area contributed by atoms with Crippen LogP contribution in [0.5, 0.6) is 0 Å². The van der Waals surface area contributed by atoms with Gasteiger partial charge in [0.25, 0.3) is 0 Å². The van der Waals surface area contributed by atoms with Crippen molar-refractivity contribution < 1.29 is 9.90 Å². The lowest BCUT2D eigenvalue weighted by molar-refractivity contribution is -0.125. The summed E-state index contributed by atoms with van der Waals surface area (Å²) in [6.45, 7) is 5.72. The molecule has 1 saturated heterocycles. The molecule has 0 radical (unpaired) electrons. The predicted molar refractivity (Wildman–Crippen MR) is 104 cm³/mol. The van der Waals surface area contributed by atoms with Crippen LogP contribution in [0.2, 0.25) is 0 Å². The number of fused-ring (bicyclic) bond motifs is 1. The van der Waals surface area contributed by atoms with Gasteiger partial charge in [0.05, 0.1) is 11.0 Å². The number of nitrogens with zero attached hydrogens (tertiary/aromatic N) is 3. The Morgan fingerprint density at radius 3 is 2.73 bits per heavy atom. The summed E-state index contributed by atoms with van der Waals surface area (Å²) in [6.07, 6.45) is 4.45. The van der Waals surface area contributed by atoms with Gasteiger partial charge in [0.15, 0.2) is 0 Å². The number of aliphatic hydroxyl groups is 1. The average molecular weight is 358 g/mol. The number of imidazole rings is 1. The van der Waals surface area contributed by atoms with Gasteiger partial charge in [0.2, 0.25) is 11.9 Å². The van der Waals surface area contributed by atoms with Gasteiger partial charge in [-0.3, -0.25) is 4.79 Å². The largest absolute Gasteiger partial charge is 0.396 e. The Kier molecular flexibility index (Phi) is 6.50. The number of piperidine rings is 1. The number of anilines is 1. The molecule has 0 aliphatic carbocycles. The average Bonchev–Trinajstić information content (AvgIpc) is 3.06. The molecule has 1 aromatic heterocycles. The van der Waals surface area contributed by atoms with E-state index in [1.54, 1.807) is 0 Å². The first-order valence-corrected chi connectivity index (χ1v) is 9.83. The third-order valence-electron chi connectivity index (χ3n) is 5.23. The number of carbonyl (C=O) groups excluding carboxylic acids is 1. The van der Waals surface area contributed by atoms with Gasteiger partial charge in [-0.2, -0.15) is 0 Å². The fourth-order valence-electron chi connectivity index (χ4n) is 3.73. The van der Waals surface area contributed by atoms with E-state index in [2.05, 4.69) is 39.9 Å². The number of aryl methyl sites for hydroxylation is 1. The maximum atomic E-state index is 12.3. The van der Waals surface area contributed by atoms with Crippen molar-refractivity contribution in [2.24, 2.45) is 5.92 Å². The molecule has 1 aromatic carbocycles. The Balaban J connectivity index is 1.55. The van der Waals surface area contributed by atoms with E-state index in [9.17, 15) is 4.79 Å². The molecule has 1 aliphatic rings. The molecule has 3 rings (SSSR count). The first-order valence-electron chi connectivity index (χ1n) is 9.83. The van der Waals surface area contributed by atoms with Crippen LogP contribution in [0.15, 0.2) is 24.3 Å². The third-order valence-corrected chi connectivity index (χ3v) is 5.23. The van der Waals surface area contributed by atoms with Crippen LogP contribution in [0.1, 0.15) is 39.0 Å². The summed E-state index contributed by atoms with van der Waals surface area (Å²) in [5, 5.41) is 11.8. The molecule has 1 fully saturated rings. The number of amides is 1. The van der Waals surface area contributed by atoms with E-state index in [-0.39, 0.29) is 18.4 Å². The number of hydrogen-bond acceptors (Lipinski definition) is 4. The predicted octanol–water partition coefficient (Wildman–Crippen LogP) is 2.55. The second-order valence-electron chi connectivity index (χ2n) is 6.98. The summed E-state index contributed by atoms with van der Waals surface area (Å²) in [7, 11) is 0. The number of aliphatic hydroxyl groups excluding tert-OH is 1. The molecule has 1 aliphatic heterocycles. The van der Waals surface area contributed by atoms with Crippen molar-refractivity contribution in [2.45, 2.75) is 45.6 Å². The Morgan fingerprint density at radius 2 is 2.00 bits per heavy atom. The summed E-state index contributed by atoms with van der Waals surface area (Å²) in [5.74, 6) is 1.30. The number of hydrogen-bond donors (Lipinski definition) is 2. The lowest BCUT2D eigenvalue weighted by atomic mass is 9.96. The van der Waals surface area contributed by atoms with E-state index in [4.69, 9.17) is 10.1 Å². The zero-order valence-electron chi connectivity index (χ0n) is 15.7. The molecule has 26 heavy (non-hydrogen) atoms. The number of benzene rings is 1. The first-order chi connectivity index (χ1) is 12.7. The van der Waals surface area contributed by atoms with Gasteiger partial charge < -0.3 is 19.9 Å². The van der Waals surface area contributed by atoms with Crippen LogP contribution >= 0.6 is 0 Å². The fourth-order valence-corrected chi connectivity index (χ4v) is 3.73. The molecule has 2 N–H and O–H groups in total. The molecular formula is C20H30N4O2. The lowest BCUT2D eigenvalue weighted by Gasteiger charge is -2.32. The smallest absolute Gasteiger partial charge is 0.223 e. The Bertz CT molecular complexity index is 720. The maximum absolute atomic E-state index is 12.3. The van der Waals surface area contributed by atoms with E-state index in [0.717, 1.165) is 63.2 Å². The second-order valence-corrected chi connectivity index (χ2v) is 6.98. The zero-order chi connectivity index (χ0) is 18.4. The Hall–Kier alpha value is -2.08. The normalized spacial score (nSPS) is 15.5. The third kappa shape index (κ3) is 4.18. The van der Waals surface area contributed by atoms with Crippen LogP contribution in [0.25, 0.3) is 11.0 Å². The summed E-state index contributed by atoms with van der Waals surface area (Å²) in [5.41, 5.74) is 2.21. The van der Waals surface area contributed by atoms with E-state index in [1.165, 1.54) is 5.52 Å². The lowest BCUT2D eigenvalue weighted by Crippen LogP contribution is -2.41. The highest BCUT2D eigenvalue weighted by Crippen LogP contribution is 2.27. The highest BCUT2D eigenvalue weighted by atomic mass is 16.2. The maximum Gasteiger partial charge on any atom is 0.223 e. The number of unbranched alkanes of at least 4 members (excludes halogenated alkanes) is 2. The zero-order valence-corrected chi connectivity index (χ0v) is 15.7. The topological polar surface area (TPSA) is 70.4 Å². The van der Waals surface area contributed by atoms with Crippen molar-refractivity contribution in [3.05, 3.63) is 24.3 Å². The molecular weight excluding hydrogens is 328 g/mol. The van der Waals surface area contributed by atoms with Gasteiger partial charge >= 0.3 is 0 Å². The van der Waals surface area contributed by atoms with Crippen LogP contribution in [0, 0.1) is 5.92 Å². The highest BCUT2D eigenvalue weighted by molar-refractivity contribution is 5.80. The number of para-hydroxylation sites is 2. The second kappa shape index (κ2) is 9.03.